The first-order valence-electron chi connectivity index (χ1n) is 13.8. The molecule has 1 aromatic heterocycles. The molecule has 1 fully saturated rings. The van der Waals surface area contributed by atoms with Crippen molar-refractivity contribution in [1.29, 1.82) is 0 Å². The van der Waals surface area contributed by atoms with Crippen LogP contribution in [0.1, 0.15) is 42.2 Å². The minimum Gasteiger partial charge on any atom is -0.490 e. The van der Waals surface area contributed by atoms with Crippen LogP contribution in [0.3, 0.4) is 0 Å². The number of methoxy groups -OCH3 is 1. The van der Waals surface area contributed by atoms with Crippen molar-refractivity contribution in [3.05, 3.63) is 71.5 Å². The van der Waals surface area contributed by atoms with E-state index in [1.165, 1.54) is 0 Å². The lowest BCUT2D eigenvalue weighted by atomic mass is 9.86. The molecule has 10 nitrogen and oxygen atoms in total. The number of aliphatic hydroxyl groups excluding tert-OH is 1. The van der Waals surface area contributed by atoms with E-state index in [9.17, 15) is 14.7 Å². The van der Waals surface area contributed by atoms with Crippen LogP contribution in [0.2, 0.25) is 18.6 Å². The van der Waals surface area contributed by atoms with Crippen molar-refractivity contribution in [2.75, 3.05) is 31.8 Å². The number of fused-ring (bicyclic) bond motifs is 1. The van der Waals surface area contributed by atoms with Gasteiger partial charge in [-0.15, -0.1) is 5.10 Å². The summed E-state index contributed by atoms with van der Waals surface area (Å²) in [6.45, 7) is 7.34. The second kappa shape index (κ2) is 11.7. The Balaban J connectivity index is 1.35. The number of hydrogen-bond donors (Lipinski definition) is 2. The number of nitrogens with zero attached hydrogens (tertiary/aromatic N) is 4. The minimum absolute atomic E-state index is 0.0506. The van der Waals surface area contributed by atoms with Crippen molar-refractivity contribution in [3.8, 4) is 5.75 Å². The largest absolute Gasteiger partial charge is 0.490 e. The Kier molecular flexibility index (Phi) is 8.27. The maximum Gasteiger partial charge on any atom is 0.414 e. The first-order chi connectivity index (χ1) is 19.2. The molecule has 40 heavy (non-hydrogen) atoms. The molecule has 0 spiro atoms. The van der Waals surface area contributed by atoms with E-state index >= 15 is 0 Å². The predicted molar refractivity (Wildman–Crippen MR) is 152 cm³/mol. The zero-order valence-electron chi connectivity index (χ0n) is 23.4. The van der Waals surface area contributed by atoms with Crippen molar-refractivity contribution < 1.29 is 28.9 Å². The highest BCUT2D eigenvalue weighted by Crippen LogP contribution is 2.47. The molecule has 1 amide bonds. The Morgan fingerprint density at radius 3 is 2.62 bits per heavy atom. The topological polar surface area (TPSA) is 119 Å². The summed E-state index contributed by atoms with van der Waals surface area (Å²) < 4.78 is 19.5. The Morgan fingerprint density at radius 1 is 1.20 bits per heavy atom. The molecule has 5 atom stereocenters. The van der Waals surface area contributed by atoms with Gasteiger partial charge in [0.25, 0.3) is 0 Å². The molecule has 2 aliphatic rings. The molecular weight excluding hydrogens is 528 g/mol. The van der Waals surface area contributed by atoms with Crippen molar-refractivity contribution in [2.45, 2.75) is 56.7 Å². The molecule has 2 aromatic carbocycles. The molecule has 5 rings (SSSR count). The molecule has 1 saturated heterocycles. The number of aliphatic hydroxyl groups is 1. The van der Waals surface area contributed by atoms with Crippen LogP contribution >= 0.6 is 0 Å². The van der Waals surface area contributed by atoms with Crippen LogP contribution in [-0.4, -0.2) is 72.3 Å². The number of rotatable bonds is 10. The predicted octanol–water partition coefficient (Wildman–Crippen LogP) is 4.10. The fourth-order valence-electron chi connectivity index (χ4n) is 5.99. The highest BCUT2D eigenvalue weighted by atomic mass is 28.4. The summed E-state index contributed by atoms with van der Waals surface area (Å²) in [5.41, 5.74) is 3.22. The third-order valence-electron chi connectivity index (χ3n) is 8.16. The average molecular weight is 567 g/mol. The molecule has 0 bridgehead atoms. The van der Waals surface area contributed by atoms with E-state index < -0.39 is 8.32 Å². The molecule has 214 valence electrons. The second-order valence-electron chi connectivity index (χ2n) is 11.2. The summed E-state index contributed by atoms with van der Waals surface area (Å²) in [6.07, 6.45) is 1.63. The van der Waals surface area contributed by atoms with Gasteiger partial charge in [0.2, 0.25) is 0 Å². The van der Waals surface area contributed by atoms with Gasteiger partial charge in [-0.3, -0.25) is 9.58 Å². The summed E-state index contributed by atoms with van der Waals surface area (Å²) >= 11 is 0. The molecule has 3 heterocycles. The number of carbonyl (C=O) groups excluding carboxylic acids is 1. The number of cyclic esters (lactones) is 1. The average Bonchev–Trinajstić information content (AvgIpc) is 3.58. The molecule has 2 unspecified atom stereocenters. The molecule has 0 radical (unpaired) electrons. The van der Waals surface area contributed by atoms with Crippen LogP contribution in [0.25, 0.3) is 0 Å². The third kappa shape index (κ3) is 5.64. The van der Waals surface area contributed by atoms with Crippen molar-refractivity contribution >= 4 is 20.1 Å². The molecular formula is C29H38N4O6Si. The van der Waals surface area contributed by atoms with E-state index in [-0.39, 0.29) is 42.3 Å². The second-order valence-corrected chi connectivity index (χ2v) is 15.2. The Bertz CT molecular complexity index is 1310. The Labute approximate surface area is 235 Å². The summed E-state index contributed by atoms with van der Waals surface area (Å²) in [7, 11) is -1.02. The number of benzene rings is 2. The SMILES string of the molecule is CO[C@@H]1c2cc(N3CCOC3=O)ccc2O[C@H](C(CCn2cc(C(CO)c3ccccc3)nn2)[Si](C)(C)O)[C@H]1C. The van der Waals surface area contributed by atoms with Gasteiger partial charge in [-0.2, -0.15) is 0 Å². The summed E-state index contributed by atoms with van der Waals surface area (Å²) in [5.74, 6) is 0.402. The normalized spacial score (nSPS) is 22.4. The number of anilines is 1. The summed E-state index contributed by atoms with van der Waals surface area (Å²) in [5, 5.41) is 18.7. The maximum atomic E-state index is 12.1. The van der Waals surface area contributed by atoms with Gasteiger partial charge in [-0.25, -0.2) is 4.79 Å². The molecule has 3 aromatic rings. The zero-order valence-corrected chi connectivity index (χ0v) is 24.4. The quantitative estimate of drug-likeness (QED) is 0.352. The van der Waals surface area contributed by atoms with E-state index in [2.05, 4.69) is 17.2 Å². The molecule has 0 aliphatic carbocycles. The number of aryl methyl sites for hydroxylation is 1. The van der Waals surface area contributed by atoms with E-state index in [1.807, 2.05) is 67.8 Å². The smallest absolute Gasteiger partial charge is 0.414 e. The lowest BCUT2D eigenvalue weighted by molar-refractivity contribution is -0.0247. The van der Waals surface area contributed by atoms with Crippen LogP contribution < -0.4 is 9.64 Å². The molecule has 0 saturated carbocycles. The van der Waals surface area contributed by atoms with E-state index in [0.717, 1.165) is 16.8 Å². The first-order valence-corrected chi connectivity index (χ1v) is 16.8. The van der Waals surface area contributed by atoms with E-state index in [0.29, 0.717) is 37.6 Å². The van der Waals surface area contributed by atoms with Crippen LogP contribution in [0.4, 0.5) is 10.5 Å². The van der Waals surface area contributed by atoms with Gasteiger partial charge in [0, 0.05) is 42.6 Å². The standard InChI is InChI=1S/C29H38N4O6Si/c1-19-27(37-2)22-16-21(33-14-15-38-29(33)35)10-11-25(22)39-28(19)26(40(3,4)36)12-13-32-17-24(30-31-32)23(18-34)20-8-6-5-7-9-20/h5-11,16-17,19,23,26-28,34,36H,12-15,18H2,1-4H3/t19-,23?,26?,27-,28-/m0/s1. The van der Waals surface area contributed by atoms with Gasteiger partial charge in [0.1, 0.15) is 18.5 Å². The van der Waals surface area contributed by atoms with Gasteiger partial charge in [-0.1, -0.05) is 42.5 Å². The van der Waals surface area contributed by atoms with Crippen molar-refractivity contribution in [1.82, 2.24) is 15.0 Å². The summed E-state index contributed by atoms with van der Waals surface area (Å²) in [6, 6.07) is 15.5. The lowest BCUT2D eigenvalue weighted by Crippen LogP contribution is -2.48. The van der Waals surface area contributed by atoms with Gasteiger partial charge in [0.05, 0.1) is 30.9 Å². The van der Waals surface area contributed by atoms with Crippen molar-refractivity contribution in [3.63, 3.8) is 0 Å². The fraction of sp³-hybridized carbons (Fsp3) is 0.483. The van der Waals surface area contributed by atoms with Gasteiger partial charge in [-0.05, 0) is 43.3 Å². The highest BCUT2D eigenvalue weighted by Gasteiger charge is 2.46. The third-order valence-corrected chi connectivity index (χ3v) is 10.6. The minimum atomic E-state index is -2.70. The Hall–Kier alpha value is -3.25. The highest BCUT2D eigenvalue weighted by molar-refractivity contribution is 6.71. The number of carbonyl (C=O) groups is 1. The van der Waals surface area contributed by atoms with E-state index in [1.54, 1.807) is 16.7 Å². The van der Waals surface area contributed by atoms with Gasteiger partial charge >= 0.3 is 6.09 Å². The lowest BCUT2D eigenvalue weighted by Gasteiger charge is -2.44. The number of aromatic nitrogens is 3. The maximum absolute atomic E-state index is 12.1. The van der Waals surface area contributed by atoms with Gasteiger partial charge < -0.3 is 24.1 Å². The summed E-state index contributed by atoms with van der Waals surface area (Å²) in [4.78, 5) is 25.1. The Morgan fingerprint density at radius 2 is 1.98 bits per heavy atom. The zero-order chi connectivity index (χ0) is 28.4. The van der Waals surface area contributed by atoms with Crippen LogP contribution in [0.15, 0.2) is 54.7 Å². The number of hydrogen-bond acceptors (Lipinski definition) is 8. The van der Waals surface area contributed by atoms with Crippen LogP contribution in [0.5, 0.6) is 5.75 Å². The number of ether oxygens (including phenoxy) is 3. The van der Waals surface area contributed by atoms with Crippen molar-refractivity contribution in [2.24, 2.45) is 5.92 Å². The first kappa shape index (κ1) is 28.3. The van der Waals surface area contributed by atoms with Gasteiger partial charge in [0.15, 0.2) is 8.32 Å². The fourth-order valence-corrected chi connectivity index (χ4v) is 8.00. The van der Waals surface area contributed by atoms with E-state index in [4.69, 9.17) is 14.2 Å². The monoisotopic (exact) mass is 566 g/mol. The molecule has 2 aliphatic heterocycles. The molecule has 2 N–H and O–H groups in total. The molecule has 11 heteroatoms. The van der Waals surface area contributed by atoms with Crippen LogP contribution in [0, 0.1) is 5.92 Å². The van der Waals surface area contributed by atoms with Crippen LogP contribution in [-0.2, 0) is 16.0 Å². The number of amides is 1.